The minimum atomic E-state index is -2.00. The first-order valence-electron chi connectivity index (χ1n) is 11.8. The Bertz CT molecular complexity index is 769. The van der Waals surface area contributed by atoms with Crippen LogP contribution < -0.4 is 0 Å². The molecule has 0 aromatic carbocycles. The first-order chi connectivity index (χ1) is 14.8. The van der Waals surface area contributed by atoms with Gasteiger partial charge in [-0.25, -0.2) is 0 Å². The molecule has 0 spiro atoms. The van der Waals surface area contributed by atoms with E-state index in [9.17, 15) is 5.11 Å². The van der Waals surface area contributed by atoms with E-state index in [1.165, 1.54) is 0 Å². The van der Waals surface area contributed by atoms with Crippen molar-refractivity contribution in [1.82, 2.24) is 0 Å². The third-order valence-electron chi connectivity index (χ3n) is 7.71. The van der Waals surface area contributed by atoms with E-state index in [0.717, 1.165) is 24.2 Å². The van der Waals surface area contributed by atoms with Crippen LogP contribution in [0.25, 0.3) is 0 Å². The van der Waals surface area contributed by atoms with Gasteiger partial charge in [-0.3, -0.25) is 0 Å². The zero-order valence-electron chi connectivity index (χ0n) is 20.7. The van der Waals surface area contributed by atoms with E-state index in [0.29, 0.717) is 0 Å². The first-order valence-corrected chi connectivity index (χ1v) is 14.7. The van der Waals surface area contributed by atoms with Crippen LogP contribution in [0, 0.1) is 5.92 Å². The van der Waals surface area contributed by atoms with Gasteiger partial charge in [0, 0.05) is 12.3 Å². The largest absolute Gasteiger partial charge is 0.501 e. The van der Waals surface area contributed by atoms with Crippen molar-refractivity contribution in [1.29, 1.82) is 0 Å². The highest BCUT2D eigenvalue weighted by atomic mass is 28.4. The Morgan fingerprint density at radius 1 is 1.06 bits per heavy atom. The van der Waals surface area contributed by atoms with E-state index in [1.54, 1.807) is 7.11 Å². The Hall–Kier alpha value is -0.743. The van der Waals surface area contributed by atoms with Gasteiger partial charge in [0.15, 0.2) is 20.4 Å². The highest BCUT2D eigenvalue weighted by Gasteiger charge is 2.65. The second kappa shape index (κ2) is 8.48. The molecule has 8 heteroatoms. The monoisotopic (exact) mass is 468 g/mol. The Morgan fingerprint density at radius 2 is 1.72 bits per heavy atom. The summed E-state index contributed by atoms with van der Waals surface area (Å²) in [6.07, 6.45) is 3.31. The van der Waals surface area contributed by atoms with Crippen molar-refractivity contribution in [3.05, 3.63) is 23.5 Å². The molecule has 0 bridgehead atoms. The second-order valence-corrected chi connectivity index (χ2v) is 16.2. The van der Waals surface area contributed by atoms with Crippen molar-refractivity contribution in [3.63, 3.8) is 0 Å². The van der Waals surface area contributed by atoms with Gasteiger partial charge in [-0.05, 0) is 50.0 Å². The fourth-order valence-electron chi connectivity index (χ4n) is 4.84. The van der Waals surface area contributed by atoms with E-state index < -0.39 is 26.5 Å². The molecule has 182 valence electrons. The minimum absolute atomic E-state index is 0.0719. The van der Waals surface area contributed by atoms with Crippen LogP contribution in [0.1, 0.15) is 47.5 Å². The summed E-state index contributed by atoms with van der Waals surface area (Å²) in [6.45, 7) is 15.1. The first kappa shape index (κ1) is 24.4. The van der Waals surface area contributed by atoms with Gasteiger partial charge in [0.25, 0.3) is 0 Å². The number of rotatable bonds is 6. The number of fused-ring (bicyclic) bond motifs is 3. The summed E-state index contributed by atoms with van der Waals surface area (Å²) < 4.78 is 36.9. The lowest BCUT2D eigenvalue weighted by molar-refractivity contribution is -0.176. The lowest BCUT2D eigenvalue weighted by Gasteiger charge is -2.38. The maximum Gasteiger partial charge on any atom is 0.192 e. The molecule has 7 nitrogen and oxygen atoms in total. The van der Waals surface area contributed by atoms with Crippen molar-refractivity contribution in [2.75, 3.05) is 13.7 Å². The van der Waals surface area contributed by atoms with E-state index in [-0.39, 0.29) is 42.0 Å². The molecule has 0 amide bonds. The normalized spacial score (nSPS) is 37.5. The smallest absolute Gasteiger partial charge is 0.192 e. The minimum Gasteiger partial charge on any atom is -0.501 e. The van der Waals surface area contributed by atoms with Crippen LogP contribution in [-0.4, -0.2) is 69.7 Å². The summed E-state index contributed by atoms with van der Waals surface area (Å²) in [5.74, 6) is -0.0478. The van der Waals surface area contributed by atoms with Crippen LogP contribution in [0.3, 0.4) is 0 Å². The SMILES string of the molecule is COC1=CC=C(C2O[C@@H]3[C@H]4OC(C)(C)O[C@H]4[C@@H](C(O)CO[Si](C)(C)C(C)(C)C)[C@@H]3O2)CC1. The lowest BCUT2D eigenvalue weighted by Crippen LogP contribution is -2.47. The molecule has 3 fully saturated rings. The second-order valence-electron chi connectivity index (χ2n) is 11.4. The zero-order chi connectivity index (χ0) is 23.5. The molecule has 4 rings (SSSR count). The molecule has 0 radical (unpaired) electrons. The van der Waals surface area contributed by atoms with Crippen molar-refractivity contribution < 1.29 is 33.2 Å². The third kappa shape index (κ3) is 4.47. The molecular weight excluding hydrogens is 428 g/mol. The Morgan fingerprint density at radius 3 is 2.31 bits per heavy atom. The number of ether oxygens (including phenoxy) is 5. The molecular formula is C24H40O7Si. The number of allylic oxidation sites excluding steroid dienone is 3. The summed E-state index contributed by atoms with van der Waals surface area (Å²) in [4.78, 5) is 0. The van der Waals surface area contributed by atoms with Gasteiger partial charge in [-0.15, -0.1) is 0 Å². The summed E-state index contributed by atoms with van der Waals surface area (Å²) >= 11 is 0. The predicted molar refractivity (Wildman–Crippen MR) is 122 cm³/mol. The molecule has 0 aromatic heterocycles. The van der Waals surface area contributed by atoms with Gasteiger partial charge in [0.05, 0.1) is 37.8 Å². The van der Waals surface area contributed by atoms with E-state index in [2.05, 4.69) is 33.9 Å². The third-order valence-corrected chi connectivity index (χ3v) is 12.2. The molecule has 2 aliphatic carbocycles. The van der Waals surface area contributed by atoms with Crippen LogP contribution in [0.5, 0.6) is 0 Å². The van der Waals surface area contributed by atoms with Crippen LogP contribution >= 0.6 is 0 Å². The number of hydrogen-bond donors (Lipinski definition) is 1. The Kier molecular flexibility index (Phi) is 6.46. The molecule has 1 saturated carbocycles. The summed E-state index contributed by atoms with van der Waals surface area (Å²) in [5.41, 5.74) is 1.08. The van der Waals surface area contributed by atoms with E-state index >= 15 is 0 Å². The molecule has 7 atom stereocenters. The van der Waals surface area contributed by atoms with Crippen LogP contribution in [0.4, 0.5) is 0 Å². The summed E-state index contributed by atoms with van der Waals surface area (Å²) in [6, 6.07) is 0. The molecule has 2 saturated heterocycles. The highest BCUT2D eigenvalue weighted by molar-refractivity contribution is 6.74. The summed E-state index contributed by atoms with van der Waals surface area (Å²) in [5, 5.41) is 11.4. The van der Waals surface area contributed by atoms with Crippen LogP contribution in [0.2, 0.25) is 18.1 Å². The number of hydrogen-bond acceptors (Lipinski definition) is 7. The van der Waals surface area contributed by atoms with Gasteiger partial charge in [-0.1, -0.05) is 26.8 Å². The van der Waals surface area contributed by atoms with Crippen LogP contribution in [0.15, 0.2) is 23.5 Å². The highest BCUT2D eigenvalue weighted by Crippen LogP contribution is 2.50. The quantitative estimate of drug-likeness (QED) is 0.593. The average molecular weight is 469 g/mol. The maximum absolute atomic E-state index is 11.3. The van der Waals surface area contributed by atoms with Gasteiger partial charge < -0.3 is 33.2 Å². The number of aliphatic hydroxyl groups is 1. The van der Waals surface area contributed by atoms with Crippen molar-refractivity contribution >= 4 is 8.32 Å². The molecule has 32 heavy (non-hydrogen) atoms. The number of methoxy groups -OCH3 is 1. The van der Waals surface area contributed by atoms with E-state index in [4.69, 9.17) is 28.1 Å². The van der Waals surface area contributed by atoms with Crippen molar-refractivity contribution in [2.45, 2.75) is 108 Å². The fourth-order valence-corrected chi connectivity index (χ4v) is 5.86. The standard InChI is InChI=1S/C24H40O7Si/c1-23(2,3)32(7,8)27-13-16(25)17-18-20(21-19(17)30-24(4,5)31-21)29-22(28-18)14-9-11-15(26-6)12-10-14/h9,11,16-22,25H,10,12-13H2,1-8H3/t16?,17-,18-,19-,20-,21-,22?/m0/s1. The topological polar surface area (TPSA) is 75.6 Å². The summed E-state index contributed by atoms with van der Waals surface area (Å²) in [7, 11) is -0.307. The predicted octanol–water partition coefficient (Wildman–Crippen LogP) is 3.88. The average Bonchev–Trinajstić information content (AvgIpc) is 3.33. The molecule has 1 N–H and O–H groups in total. The Labute approximate surface area is 193 Å². The molecule has 2 unspecified atom stereocenters. The molecule has 2 heterocycles. The zero-order valence-corrected chi connectivity index (χ0v) is 21.7. The molecule has 4 aliphatic rings. The molecule has 2 aliphatic heterocycles. The van der Waals surface area contributed by atoms with Gasteiger partial charge >= 0.3 is 0 Å². The lowest BCUT2D eigenvalue weighted by atomic mass is 9.96. The van der Waals surface area contributed by atoms with E-state index in [1.807, 2.05) is 26.0 Å². The van der Waals surface area contributed by atoms with Crippen molar-refractivity contribution in [3.8, 4) is 0 Å². The molecule has 0 aromatic rings. The van der Waals surface area contributed by atoms with Crippen molar-refractivity contribution in [2.24, 2.45) is 5.92 Å². The Balaban J connectivity index is 1.51. The van der Waals surface area contributed by atoms with Gasteiger partial charge in [0.1, 0.15) is 12.2 Å². The van der Waals surface area contributed by atoms with Crippen LogP contribution in [-0.2, 0) is 28.1 Å². The maximum atomic E-state index is 11.3. The number of aliphatic hydroxyl groups excluding tert-OH is 1. The van der Waals surface area contributed by atoms with Gasteiger partial charge in [0.2, 0.25) is 0 Å². The van der Waals surface area contributed by atoms with Gasteiger partial charge in [-0.2, -0.15) is 0 Å². The fraction of sp³-hybridized carbons (Fsp3) is 0.833.